The van der Waals surface area contributed by atoms with Crippen molar-refractivity contribution in [1.29, 1.82) is 0 Å². The fourth-order valence-corrected chi connectivity index (χ4v) is 1.68. The van der Waals surface area contributed by atoms with Crippen molar-refractivity contribution < 1.29 is 0 Å². The molecule has 0 saturated carbocycles. The Morgan fingerprint density at radius 3 is 2.89 bits per heavy atom. The lowest BCUT2D eigenvalue weighted by molar-refractivity contribution is 0.741. The molecule has 2 aromatic rings. The Balaban J connectivity index is 1.91. The van der Waals surface area contributed by atoms with E-state index >= 15 is 0 Å². The van der Waals surface area contributed by atoms with Gasteiger partial charge in [0.05, 0.1) is 5.69 Å². The Morgan fingerprint density at radius 2 is 2.22 bits per heavy atom. The maximum absolute atomic E-state index is 5.71. The van der Waals surface area contributed by atoms with Gasteiger partial charge in [0, 0.05) is 38.7 Å². The van der Waals surface area contributed by atoms with Crippen LogP contribution >= 0.6 is 0 Å². The summed E-state index contributed by atoms with van der Waals surface area (Å²) in [5, 5.41) is 7.55. The summed E-state index contributed by atoms with van der Waals surface area (Å²) in [7, 11) is 1.91. The zero-order chi connectivity index (χ0) is 13.0. The molecular formula is C12H18N6. The number of nitrogens with zero attached hydrogens (tertiary/aromatic N) is 4. The maximum atomic E-state index is 5.71. The number of aromatic nitrogens is 4. The van der Waals surface area contributed by atoms with E-state index in [2.05, 4.69) is 20.4 Å². The van der Waals surface area contributed by atoms with Gasteiger partial charge in [-0.1, -0.05) is 6.92 Å². The van der Waals surface area contributed by atoms with Crippen LogP contribution in [0.5, 0.6) is 0 Å². The third-order valence-corrected chi connectivity index (χ3v) is 2.56. The molecule has 0 saturated heterocycles. The molecule has 2 heterocycles. The van der Waals surface area contributed by atoms with Crippen molar-refractivity contribution in [3.05, 3.63) is 29.8 Å². The number of nitrogen functional groups attached to an aromatic ring is 1. The van der Waals surface area contributed by atoms with Crippen molar-refractivity contribution in [2.24, 2.45) is 7.05 Å². The second-order valence-electron chi connectivity index (χ2n) is 4.11. The fraction of sp³-hybridized carbons (Fsp3) is 0.417. The Morgan fingerprint density at radius 1 is 1.39 bits per heavy atom. The first-order valence-electron chi connectivity index (χ1n) is 6.03. The highest BCUT2D eigenvalue weighted by molar-refractivity contribution is 5.44. The average molecular weight is 246 g/mol. The molecule has 0 aliphatic rings. The lowest BCUT2D eigenvalue weighted by atomic mass is 10.3. The molecule has 0 radical (unpaired) electrons. The summed E-state index contributed by atoms with van der Waals surface area (Å²) < 4.78 is 1.80. The van der Waals surface area contributed by atoms with Gasteiger partial charge in [0.25, 0.3) is 0 Å². The van der Waals surface area contributed by atoms with E-state index in [1.54, 1.807) is 10.7 Å². The number of nitrogens with one attached hydrogen (secondary N) is 1. The van der Waals surface area contributed by atoms with Crippen LogP contribution in [-0.2, 0) is 19.9 Å². The molecule has 3 N–H and O–H groups in total. The van der Waals surface area contributed by atoms with E-state index in [9.17, 15) is 0 Å². The molecule has 0 atom stereocenters. The monoisotopic (exact) mass is 246 g/mol. The molecule has 0 aliphatic carbocycles. The molecule has 6 nitrogen and oxygen atoms in total. The van der Waals surface area contributed by atoms with Gasteiger partial charge in [-0.05, 0) is 6.07 Å². The lowest BCUT2D eigenvalue weighted by Crippen LogP contribution is -2.09. The highest BCUT2D eigenvalue weighted by Crippen LogP contribution is 2.08. The highest BCUT2D eigenvalue weighted by atomic mass is 15.2. The second-order valence-corrected chi connectivity index (χ2v) is 4.11. The van der Waals surface area contributed by atoms with Crippen LogP contribution in [0.15, 0.2) is 18.3 Å². The molecule has 6 heteroatoms. The zero-order valence-corrected chi connectivity index (χ0v) is 10.7. The third kappa shape index (κ3) is 3.19. The Kier molecular flexibility index (Phi) is 3.76. The van der Waals surface area contributed by atoms with E-state index in [1.807, 2.05) is 26.2 Å². The maximum Gasteiger partial charge on any atom is 0.132 e. The van der Waals surface area contributed by atoms with Gasteiger partial charge < -0.3 is 11.1 Å². The molecule has 2 aromatic heterocycles. The van der Waals surface area contributed by atoms with Crippen LogP contribution in [0.1, 0.15) is 18.4 Å². The van der Waals surface area contributed by atoms with E-state index in [0.717, 1.165) is 36.7 Å². The first-order valence-corrected chi connectivity index (χ1v) is 6.03. The summed E-state index contributed by atoms with van der Waals surface area (Å²) in [6, 6.07) is 3.76. The molecule has 0 bridgehead atoms. The first-order chi connectivity index (χ1) is 8.67. The molecule has 0 aromatic carbocycles. The molecule has 0 aliphatic heterocycles. The topological polar surface area (TPSA) is 81.6 Å². The van der Waals surface area contributed by atoms with E-state index in [1.165, 1.54) is 0 Å². The van der Waals surface area contributed by atoms with Gasteiger partial charge in [0.15, 0.2) is 0 Å². The van der Waals surface area contributed by atoms with Crippen molar-refractivity contribution in [2.75, 3.05) is 17.6 Å². The minimum atomic E-state index is 0.502. The van der Waals surface area contributed by atoms with E-state index in [-0.39, 0.29) is 0 Å². The van der Waals surface area contributed by atoms with E-state index in [4.69, 9.17) is 5.73 Å². The van der Waals surface area contributed by atoms with Gasteiger partial charge >= 0.3 is 0 Å². The Hall–Kier alpha value is -2.11. The fourth-order valence-electron chi connectivity index (χ4n) is 1.68. The van der Waals surface area contributed by atoms with Crippen LogP contribution in [0.3, 0.4) is 0 Å². The standard InChI is InChI=1S/C12H18N6/c1-3-11-15-10(13)8-12(16-11)14-6-4-9-5-7-18(2)17-9/h5,7-8H,3-4,6H2,1-2H3,(H3,13,14,15,16). The van der Waals surface area contributed by atoms with Crippen LogP contribution in [0.4, 0.5) is 11.6 Å². The van der Waals surface area contributed by atoms with Gasteiger partial charge in [0.2, 0.25) is 0 Å². The van der Waals surface area contributed by atoms with Crippen molar-refractivity contribution in [1.82, 2.24) is 19.7 Å². The molecule has 0 spiro atoms. The number of anilines is 2. The normalized spacial score (nSPS) is 10.6. The van der Waals surface area contributed by atoms with Crippen LogP contribution in [0.25, 0.3) is 0 Å². The molecule has 0 amide bonds. The van der Waals surface area contributed by atoms with Crippen LogP contribution in [-0.4, -0.2) is 26.3 Å². The third-order valence-electron chi connectivity index (χ3n) is 2.56. The SMILES string of the molecule is CCc1nc(N)cc(NCCc2ccn(C)n2)n1. The summed E-state index contributed by atoms with van der Waals surface area (Å²) in [5.41, 5.74) is 6.77. The predicted octanol–water partition coefficient (Wildman–Crippen LogP) is 1.01. The molecule has 18 heavy (non-hydrogen) atoms. The predicted molar refractivity (Wildman–Crippen MR) is 71.2 cm³/mol. The van der Waals surface area contributed by atoms with Crippen molar-refractivity contribution in [3.63, 3.8) is 0 Å². The summed E-state index contributed by atoms with van der Waals surface area (Å²) in [6.07, 6.45) is 3.57. The van der Waals surface area contributed by atoms with Gasteiger partial charge in [-0.25, -0.2) is 9.97 Å². The molecule has 96 valence electrons. The number of hydrogen-bond donors (Lipinski definition) is 2. The van der Waals surface area contributed by atoms with Crippen LogP contribution in [0.2, 0.25) is 0 Å². The molecule has 0 fully saturated rings. The van der Waals surface area contributed by atoms with Gasteiger partial charge in [-0.2, -0.15) is 5.10 Å². The van der Waals surface area contributed by atoms with Gasteiger partial charge in [-0.15, -0.1) is 0 Å². The zero-order valence-electron chi connectivity index (χ0n) is 10.7. The smallest absolute Gasteiger partial charge is 0.132 e. The Labute approximate surface area is 106 Å². The van der Waals surface area contributed by atoms with Crippen molar-refractivity contribution in [3.8, 4) is 0 Å². The quantitative estimate of drug-likeness (QED) is 0.822. The first kappa shape index (κ1) is 12.3. The number of rotatable bonds is 5. The van der Waals surface area contributed by atoms with Gasteiger partial charge in [-0.3, -0.25) is 4.68 Å². The van der Waals surface area contributed by atoms with E-state index < -0.39 is 0 Å². The average Bonchev–Trinajstić information content (AvgIpc) is 2.74. The minimum absolute atomic E-state index is 0.502. The molecule has 0 unspecified atom stereocenters. The largest absolute Gasteiger partial charge is 0.384 e. The second kappa shape index (κ2) is 5.48. The minimum Gasteiger partial charge on any atom is -0.384 e. The molecular weight excluding hydrogens is 228 g/mol. The summed E-state index contributed by atoms with van der Waals surface area (Å²) in [5.74, 6) is 2.04. The lowest BCUT2D eigenvalue weighted by Gasteiger charge is -2.06. The van der Waals surface area contributed by atoms with Gasteiger partial charge in [0.1, 0.15) is 17.5 Å². The van der Waals surface area contributed by atoms with Crippen molar-refractivity contribution in [2.45, 2.75) is 19.8 Å². The summed E-state index contributed by atoms with van der Waals surface area (Å²) in [4.78, 5) is 8.49. The highest BCUT2D eigenvalue weighted by Gasteiger charge is 2.01. The van der Waals surface area contributed by atoms with Crippen molar-refractivity contribution >= 4 is 11.6 Å². The number of nitrogens with two attached hydrogens (primary N) is 1. The summed E-state index contributed by atoms with van der Waals surface area (Å²) in [6.45, 7) is 2.78. The molecule has 2 rings (SSSR count). The Bertz CT molecular complexity index is 519. The number of aryl methyl sites for hydroxylation is 2. The van der Waals surface area contributed by atoms with E-state index in [0.29, 0.717) is 5.82 Å². The summed E-state index contributed by atoms with van der Waals surface area (Å²) >= 11 is 0. The van der Waals surface area contributed by atoms with Crippen LogP contribution in [0, 0.1) is 0 Å². The number of hydrogen-bond acceptors (Lipinski definition) is 5. The van der Waals surface area contributed by atoms with Crippen LogP contribution < -0.4 is 11.1 Å².